The average molecular weight is 368 g/mol. The van der Waals surface area contributed by atoms with Crippen LogP contribution < -0.4 is 0 Å². The number of carbonyl (C=O) groups is 1. The third-order valence-electron chi connectivity index (χ3n) is 7.42. The van der Waals surface area contributed by atoms with Crippen LogP contribution in [0, 0.1) is 17.8 Å². The molecule has 2 aromatic rings. The van der Waals surface area contributed by atoms with Gasteiger partial charge >= 0.3 is 5.97 Å². The van der Waals surface area contributed by atoms with Crippen LogP contribution in [0.3, 0.4) is 0 Å². The van der Waals surface area contributed by atoms with Crippen LogP contribution in [0.25, 0.3) is 10.9 Å². The van der Waals surface area contributed by atoms with E-state index in [0.717, 1.165) is 32.4 Å². The fourth-order valence-corrected chi connectivity index (χ4v) is 6.19. The monoisotopic (exact) mass is 368 g/mol. The molecule has 2 aliphatic heterocycles. The van der Waals surface area contributed by atoms with E-state index < -0.39 is 6.10 Å². The predicted molar refractivity (Wildman–Crippen MR) is 103 cm³/mol. The van der Waals surface area contributed by atoms with Crippen LogP contribution in [-0.2, 0) is 23.0 Å². The summed E-state index contributed by atoms with van der Waals surface area (Å²) in [4.78, 5) is 15.1. The van der Waals surface area contributed by atoms with E-state index in [-0.39, 0.29) is 17.8 Å². The molecule has 1 aromatic heterocycles. The molecule has 1 N–H and O–H groups in total. The Labute approximate surface area is 159 Å². The van der Waals surface area contributed by atoms with Crippen molar-refractivity contribution in [3.8, 4) is 0 Å². The number of benzene rings is 1. The van der Waals surface area contributed by atoms with Crippen molar-refractivity contribution in [1.82, 2.24) is 9.47 Å². The lowest BCUT2D eigenvalue weighted by Crippen LogP contribution is -2.53. The molecule has 0 amide bonds. The Bertz CT molecular complexity index is 889. The van der Waals surface area contributed by atoms with Crippen molar-refractivity contribution in [2.24, 2.45) is 24.8 Å². The van der Waals surface area contributed by atoms with Gasteiger partial charge in [0, 0.05) is 36.7 Å². The number of methoxy groups -OCH3 is 1. The molecule has 5 nitrogen and oxygen atoms in total. The van der Waals surface area contributed by atoms with E-state index in [1.54, 1.807) is 0 Å². The van der Waals surface area contributed by atoms with Gasteiger partial charge in [0.25, 0.3) is 0 Å². The van der Waals surface area contributed by atoms with Crippen LogP contribution in [0.15, 0.2) is 24.3 Å². The van der Waals surface area contributed by atoms with Gasteiger partial charge in [0.05, 0.1) is 25.2 Å². The fraction of sp³-hybridized carbons (Fsp3) is 0.591. The molecule has 0 unspecified atom stereocenters. The standard InChI is InChI=1S/C22H28N2O3/c1-23-17-6-4-3-5-14(17)15-9-10-24-12-13-7-8-19(25)20(22(26)27-2)16(13)11-18(24)21(15)23/h3-6,13,16,18-20,25H,7-12H2,1-2H3/t13-,16-,18-,19-,20+/m0/s1. The normalized spacial score (nSPS) is 33.2. The average Bonchev–Trinajstić information content (AvgIpc) is 2.99. The first-order valence-corrected chi connectivity index (χ1v) is 10.2. The van der Waals surface area contributed by atoms with Crippen molar-refractivity contribution < 1.29 is 14.6 Å². The Morgan fingerprint density at radius 2 is 2.07 bits per heavy atom. The topological polar surface area (TPSA) is 54.7 Å². The zero-order chi connectivity index (χ0) is 18.7. The van der Waals surface area contributed by atoms with Crippen LogP contribution in [0.1, 0.15) is 36.6 Å². The molecule has 27 heavy (non-hydrogen) atoms. The lowest BCUT2D eigenvalue weighted by atomic mass is 9.65. The minimum atomic E-state index is -0.569. The van der Waals surface area contributed by atoms with Crippen molar-refractivity contribution in [3.05, 3.63) is 35.5 Å². The summed E-state index contributed by atoms with van der Waals surface area (Å²) in [5.41, 5.74) is 4.17. The van der Waals surface area contributed by atoms with Gasteiger partial charge in [0.15, 0.2) is 0 Å². The summed E-state index contributed by atoms with van der Waals surface area (Å²) in [6.45, 7) is 2.11. The van der Waals surface area contributed by atoms with Crippen LogP contribution in [-0.4, -0.2) is 46.8 Å². The number of piperidine rings is 1. The molecular formula is C22H28N2O3. The van der Waals surface area contributed by atoms with E-state index in [1.807, 2.05) is 0 Å². The highest BCUT2D eigenvalue weighted by Crippen LogP contribution is 2.49. The number of hydrogen-bond donors (Lipinski definition) is 1. The van der Waals surface area contributed by atoms with Gasteiger partial charge in [0.2, 0.25) is 0 Å². The van der Waals surface area contributed by atoms with E-state index in [4.69, 9.17) is 4.74 Å². The summed E-state index contributed by atoms with van der Waals surface area (Å²) >= 11 is 0. The highest BCUT2D eigenvalue weighted by molar-refractivity contribution is 5.86. The van der Waals surface area contributed by atoms with Crippen LogP contribution >= 0.6 is 0 Å². The van der Waals surface area contributed by atoms with Crippen molar-refractivity contribution in [1.29, 1.82) is 0 Å². The number of aliphatic hydroxyl groups excluding tert-OH is 1. The number of ether oxygens (including phenoxy) is 1. The number of aromatic nitrogens is 1. The van der Waals surface area contributed by atoms with Gasteiger partial charge in [-0.05, 0) is 49.1 Å². The second kappa shape index (κ2) is 6.35. The highest BCUT2D eigenvalue weighted by atomic mass is 16.5. The number of aryl methyl sites for hydroxylation is 1. The Hall–Kier alpha value is -1.85. The number of hydrogen-bond acceptors (Lipinski definition) is 4. The van der Waals surface area contributed by atoms with E-state index in [0.29, 0.717) is 18.4 Å². The molecule has 0 spiro atoms. The fourth-order valence-electron chi connectivity index (χ4n) is 6.19. The summed E-state index contributed by atoms with van der Waals surface area (Å²) < 4.78 is 7.42. The SMILES string of the molecule is COC(=O)[C@@H]1[C@H]2C[C@H]3c4c(c5ccccc5n4C)CCN3C[C@@H]2CC[C@@H]1O. The van der Waals surface area contributed by atoms with Gasteiger partial charge in [0.1, 0.15) is 0 Å². The van der Waals surface area contributed by atoms with Gasteiger partial charge in [-0.1, -0.05) is 18.2 Å². The lowest BCUT2D eigenvalue weighted by Gasteiger charge is -2.51. The Kier molecular flexibility index (Phi) is 4.06. The molecule has 1 saturated carbocycles. The molecule has 1 aromatic carbocycles. The van der Waals surface area contributed by atoms with E-state index in [1.165, 1.54) is 29.3 Å². The van der Waals surface area contributed by atoms with Crippen molar-refractivity contribution in [2.45, 2.75) is 37.8 Å². The quantitative estimate of drug-likeness (QED) is 0.787. The Morgan fingerprint density at radius 1 is 1.26 bits per heavy atom. The maximum atomic E-state index is 12.4. The van der Waals surface area contributed by atoms with Crippen LogP contribution in [0.5, 0.6) is 0 Å². The number of rotatable bonds is 1. The molecule has 2 fully saturated rings. The molecule has 3 heterocycles. The minimum absolute atomic E-state index is 0.200. The summed E-state index contributed by atoms with van der Waals surface area (Å²) in [6.07, 6.45) is 3.16. The van der Waals surface area contributed by atoms with Crippen molar-refractivity contribution in [2.75, 3.05) is 20.2 Å². The maximum Gasteiger partial charge on any atom is 0.311 e. The minimum Gasteiger partial charge on any atom is -0.469 e. The van der Waals surface area contributed by atoms with Gasteiger partial charge in [-0.15, -0.1) is 0 Å². The maximum absolute atomic E-state index is 12.4. The van der Waals surface area contributed by atoms with Gasteiger partial charge in [-0.25, -0.2) is 0 Å². The summed E-state index contributed by atoms with van der Waals surface area (Å²) in [7, 11) is 3.61. The van der Waals surface area contributed by atoms with E-state index in [2.05, 4.69) is 40.8 Å². The molecular weight excluding hydrogens is 340 g/mol. The van der Waals surface area contributed by atoms with E-state index >= 15 is 0 Å². The first-order chi connectivity index (χ1) is 13.1. The molecule has 5 rings (SSSR count). The number of fused-ring (bicyclic) bond motifs is 6. The number of nitrogens with zero attached hydrogens (tertiary/aromatic N) is 2. The van der Waals surface area contributed by atoms with E-state index in [9.17, 15) is 9.90 Å². The molecule has 0 radical (unpaired) electrons. The second-order valence-electron chi connectivity index (χ2n) is 8.55. The lowest BCUT2D eigenvalue weighted by molar-refractivity contribution is -0.160. The van der Waals surface area contributed by atoms with Crippen LogP contribution in [0.2, 0.25) is 0 Å². The first-order valence-electron chi connectivity index (χ1n) is 10.2. The molecule has 1 saturated heterocycles. The number of esters is 1. The number of para-hydroxylation sites is 1. The second-order valence-corrected chi connectivity index (χ2v) is 8.55. The van der Waals surface area contributed by atoms with Crippen molar-refractivity contribution in [3.63, 3.8) is 0 Å². The Morgan fingerprint density at radius 3 is 2.89 bits per heavy atom. The largest absolute Gasteiger partial charge is 0.469 e. The summed E-state index contributed by atoms with van der Waals surface area (Å²) in [6, 6.07) is 8.98. The zero-order valence-corrected chi connectivity index (χ0v) is 16.1. The molecule has 144 valence electrons. The third kappa shape index (κ3) is 2.48. The van der Waals surface area contributed by atoms with Gasteiger partial charge in [-0.3, -0.25) is 9.69 Å². The summed E-state index contributed by atoms with van der Waals surface area (Å²) in [5.74, 6) is 0.0612. The molecule has 5 heteroatoms. The Balaban J connectivity index is 1.56. The highest BCUT2D eigenvalue weighted by Gasteiger charge is 2.49. The molecule has 0 bridgehead atoms. The third-order valence-corrected chi connectivity index (χ3v) is 7.42. The van der Waals surface area contributed by atoms with Gasteiger partial charge < -0.3 is 14.4 Å². The molecule has 3 aliphatic rings. The summed E-state index contributed by atoms with van der Waals surface area (Å²) in [5, 5.41) is 11.9. The first kappa shape index (κ1) is 17.3. The van der Waals surface area contributed by atoms with Crippen LogP contribution in [0.4, 0.5) is 0 Å². The molecule has 5 atom stereocenters. The van der Waals surface area contributed by atoms with Gasteiger partial charge in [-0.2, -0.15) is 0 Å². The number of carbonyl (C=O) groups excluding carboxylic acids is 1. The predicted octanol–water partition coefficient (Wildman–Crippen LogP) is 2.66. The smallest absolute Gasteiger partial charge is 0.311 e. The molecule has 1 aliphatic carbocycles. The van der Waals surface area contributed by atoms with Crippen molar-refractivity contribution >= 4 is 16.9 Å². The number of aliphatic hydroxyl groups is 1. The zero-order valence-electron chi connectivity index (χ0n) is 16.1.